The van der Waals surface area contributed by atoms with Crippen molar-refractivity contribution in [3.8, 4) is 6.07 Å². The fraction of sp³-hybridized carbons (Fsp3) is 0.312. The molecule has 0 saturated heterocycles. The highest BCUT2D eigenvalue weighted by atomic mass is 14.3. The molecule has 0 fully saturated rings. The van der Waals surface area contributed by atoms with Crippen LogP contribution < -0.4 is 0 Å². The Kier molecular flexibility index (Phi) is 4.72. The summed E-state index contributed by atoms with van der Waals surface area (Å²) in [6, 6.07) is 10.6. The lowest BCUT2D eigenvalue weighted by atomic mass is 9.96. The Morgan fingerprint density at radius 2 is 2.00 bits per heavy atom. The fourth-order valence-electron chi connectivity index (χ4n) is 1.63. The van der Waals surface area contributed by atoms with Gasteiger partial charge in [-0.3, -0.25) is 0 Å². The summed E-state index contributed by atoms with van der Waals surface area (Å²) < 4.78 is 0. The quantitative estimate of drug-likeness (QED) is 0.692. The molecular weight excluding hydrogens is 206 g/mol. The third kappa shape index (κ3) is 3.60. The first-order valence-electron chi connectivity index (χ1n) is 5.92. The minimum Gasteiger partial charge on any atom is -0.198 e. The zero-order chi connectivity index (χ0) is 12.8. The molecule has 0 spiro atoms. The Morgan fingerprint density at radius 1 is 1.41 bits per heavy atom. The van der Waals surface area contributed by atoms with E-state index in [1.54, 1.807) is 0 Å². The normalized spacial score (nSPS) is 12.9. The third-order valence-corrected chi connectivity index (χ3v) is 2.93. The van der Waals surface area contributed by atoms with E-state index in [0.717, 1.165) is 23.1 Å². The standard InChI is InChI=1S/C16H19N/c1-5-15(11-17)10-13(3)14(4)16-8-6-12(2)7-9-16/h6-10,15H,4-5H2,1-3H3/b13-10+. The predicted molar refractivity (Wildman–Crippen MR) is 73.4 cm³/mol. The topological polar surface area (TPSA) is 23.8 Å². The van der Waals surface area contributed by atoms with Crippen molar-refractivity contribution >= 4 is 5.57 Å². The summed E-state index contributed by atoms with van der Waals surface area (Å²) >= 11 is 0. The van der Waals surface area contributed by atoms with Crippen LogP contribution >= 0.6 is 0 Å². The van der Waals surface area contributed by atoms with E-state index in [1.807, 2.05) is 19.9 Å². The summed E-state index contributed by atoms with van der Waals surface area (Å²) in [7, 11) is 0. The van der Waals surface area contributed by atoms with E-state index in [0.29, 0.717) is 0 Å². The highest BCUT2D eigenvalue weighted by Crippen LogP contribution is 2.22. The summed E-state index contributed by atoms with van der Waals surface area (Å²) in [5.41, 5.74) is 4.45. The molecule has 88 valence electrons. The Hall–Kier alpha value is -1.81. The second kappa shape index (κ2) is 6.06. The van der Waals surface area contributed by atoms with Gasteiger partial charge < -0.3 is 0 Å². The summed E-state index contributed by atoms with van der Waals surface area (Å²) in [4.78, 5) is 0. The van der Waals surface area contributed by atoms with Crippen molar-refractivity contribution in [2.24, 2.45) is 5.92 Å². The molecule has 1 unspecified atom stereocenters. The maximum Gasteiger partial charge on any atom is 0.0697 e. The Balaban J connectivity index is 2.90. The van der Waals surface area contributed by atoms with Crippen LogP contribution in [0.5, 0.6) is 0 Å². The Labute approximate surface area is 104 Å². The van der Waals surface area contributed by atoms with Crippen LogP contribution in [0, 0.1) is 24.2 Å². The number of hydrogen-bond acceptors (Lipinski definition) is 1. The molecule has 0 heterocycles. The Bertz CT molecular complexity index is 457. The fourth-order valence-corrected chi connectivity index (χ4v) is 1.63. The van der Waals surface area contributed by atoms with Gasteiger partial charge in [-0.25, -0.2) is 0 Å². The van der Waals surface area contributed by atoms with Crippen LogP contribution in [0.1, 0.15) is 31.4 Å². The van der Waals surface area contributed by atoms with Crippen LogP contribution in [0.4, 0.5) is 0 Å². The molecule has 0 aliphatic heterocycles. The lowest BCUT2D eigenvalue weighted by Crippen LogP contribution is -1.93. The summed E-state index contributed by atoms with van der Waals surface area (Å²) in [5.74, 6) is -0.0165. The van der Waals surface area contributed by atoms with Gasteiger partial charge in [0.2, 0.25) is 0 Å². The number of rotatable bonds is 4. The molecule has 1 atom stereocenters. The van der Waals surface area contributed by atoms with Crippen molar-refractivity contribution < 1.29 is 0 Å². The van der Waals surface area contributed by atoms with Crippen molar-refractivity contribution in [1.29, 1.82) is 5.26 Å². The summed E-state index contributed by atoms with van der Waals surface area (Å²) in [5, 5.41) is 8.94. The number of nitriles is 1. The highest BCUT2D eigenvalue weighted by molar-refractivity contribution is 5.76. The van der Waals surface area contributed by atoms with Crippen LogP contribution in [0.15, 0.2) is 42.5 Å². The maximum absolute atomic E-state index is 8.94. The average Bonchev–Trinajstić information content (AvgIpc) is 2.35. The van der Waals surface area contributed by atoms with Gasteiger partial charge in [0, 0.05) is 0 Å². The zero-order valence-corrected chi connectivity index (χ0v) is 10.8. The summed E-state index contributed by atoms with van der Waals surface area (Å²) in [6.07, 6.45) is 2.84. The minimum absolute atomic E-state index is 0.0165. The second-order valence-electron chi connectivity index (χ2n) is 4.34. The van der Waals surface area contributed by atoms with Crippen LogP contribution in [0.3, 0.4) is 0 Å². The van der Waals surface area contributed by atoms with Gasteiger partial charge in [-0.05, 0) is 37.0 Å². The number of aryl methyl sites for hydroxylation is 1. The van der Waals surface area contributed by atoms with E-state index in [2.05, 4.69) is 43.8 Å². The van der Waals surface area contributed by atoms with Crippen LogP contribution in [-0.2, 0) is 0 Å². The maximum atomic E-state index is 8.94. The molecule has 0 aliphatic rings. The third-order valence-electron chi connectivity index (χ3n) is 2.93. The van der Waals surface area contributed by atoms with Crippen molar-refractivity contribution in [2.75, 3.05) is 0 Å². The molecule has 0 bridgehead atoms. The van der Waals surface area contributed by atoms with Gasteiger partial charge in [0.05, 0.1) is 12.0 Å². The minimum atomic E-state index is -0.0165. The van der Waals surface area contributed by atoms with Gasteiger partial charge in [-0.1, -0.05) is 49.4 Å². The van der Waals surface area contributed by atoms with E-state index < -0.39 is 0 Å². The monoisotopic (exact) mass is 225 g/mol. The molecule has 1 aromatic carbocycles. The highest BCUT2D eigenvalue weighted by Gasteiger charge is 2.05. The van der Waals surface area contributed by atoms with Crippen molar-refractivity contribution in [3.63, 3.8) is 0 Å². The van der Waals surface area contributed by atoms with Crippen molar-refractivity contribution in [2.45, 2.75) is 27.2 Å². The first-order valence-corrected chi connectivity index (χ1v) is 5.92. The molecular formula is C16H19N. The van der Waals surface area contributed by atoms with Crippen LogP contribution in [0.2, 0.25) is 0 Å². The lowest BCUT2D eigenvalue weighted by molar-refractivity contribution is 0.784. The number of allylic oxidation sites excluding steroid dienone is 3. The van der Waals surface area contributed by atoms with Gasteiger partial charge in [0.1, 0.15) is 0 Å². The van der Waals surface area contributed by atoms with Gasteiger partial charge >= 0.3 is 0 Å². The average molecular weight is 225 g/mol. The Morgan fingerprint density at radius 3 is 2.47 bits per heavy atom. The van der Waals surface area contributed by atoms with Gasteiger partial charge in [0.25, 0.3) is 0 Å². The summed E-state index contributed by atoms with van der Waals surface area (Å²) in [6.45, 7) is 10.2. The van der Waals surface area contributed by atoms with Gasteiger partial charge in [0.15, 0.2) is 0 Å². The molecule has 0 radical (unpaired) electrons. The van der Waals surface area contributed by atoms with Crippen molar-refractivity contribution in [1.82, 2.24) is 0 Å². The predicted octanol–water partition coefficient (Wildman–Crippen LogP) is 4.50. The number of nitrogens with zero attached hydrogens (tertiary/aromatic N) is 1. The van der Waals surface area contributed by atoms with Crippen molar-refractivity contribution in [3.05, 3.63) is 53.6 Å². The van der Waals surface area contributed by atoms with Gasteiger partial charge in [-0.15, -0.1) is 0 Å². The van der Waals surface area contributed by atoms with E-state index in [-0.39, 0.29) is 5.92 Å². The molecule has 0 aliphatic carbocycles. The SMILES string of the molecule is C=C(/C(C)=C/C(C#N)CC)c1ccc(C)cc1. The zero-order valence-electron chi connectivity index (χ0n) is 10.8. The molecule has 0 amide bonds. The molecule has 1 rings (SSSR count). The molecule has 1 aromatic rings. The van der Waals surface area contributed by atoms with Gasteiger partial charge in [-0.2, -0.15) is 5.26 Å². The van der Waals surface area contributed by atoms with E-state index in [9.17, 15) is 0 Å². The first kappa shape index (κ1) is 13.3. The molecule has 0 saturated carbocycles. The molecule has 0 N–H and O–H groups in total. The number of hydrogen-bond donors (Lipinski definition) is 0. The van der Waals surface area contributed by atoms with E-state index in [1.165, 1.54) is 5.56 Å². The van der Waals surface area contributed by atoms with E-state index in [4.69, 9.17) is 5.26 Å². The molecule has 17 heavy (non-hydrogen) atoms. The lowest BCUT2D eigenvalue weighted by Gasteiger charge is -2.08. The largest absolute Gasteiger partial charge is 0.198 e. The molecule has 1 heteroatoms. The molecule has 0 aromatic heterocycles. The number of benzene rings is 1. The van der Waals surface area contributed by atoms with E-state index >= 15 is 0 Å². The smallest absolute Gasteiger partial charge is 0.0697 e. The molecule has 1 nitrogen and oxygen atoms in total. The second-order valence-corrected chi connectivity index (χ2v) is 4.34. The van der Waals surface area contributed by atoms with Crippen LogP contribution in [-0.4, -0.2) is 0 Å². The first-order chi connectivity index (χ1) is 8.08. The van der Waals surface area contributed by atoms with Crippen LogP contribution in [0.25, 0.3) is 5.57 Å².